The van der Waals surface area contributed by atoms with Crippen molar-refractivity contribution in [3.8, 4) is 17.6 Å². The van der Waals surface area contributed by atoms with E-state index in [0.717, 1.165) is 40.8 Å². The predicted molar refractivity (Wildman–Crippen MR) is 155 cm³/mol. The molecular weight excluding hydrogens is 508 g/mol. The second kappa shape index (κ2) is 14.0. The van der Waals surface area contributed by atoms with Crippen molar-refractivity contribution in [3.05, 3.63) is 95.6 Å². The van der Waals surface area contributed by atoms with Crippen LogP contribution in [-0.2, 0) is 19.6 Å². The van der Waals surface area contributed by atoms with Gasteiger partial charge in [0, 0.05) is 14.2 Å². The van der Waals surface area contributed by atoms with Gasteiger partial charge in [0.2, 0.25) is 0 Å². The molecule has 3 aromatic rings. The van der Waals surface area contributed by atoms with Gasteiger partial charge in [0.15, 0.2) is 0 Å². The van der Waals surface area contributed by atoms with E-state index < -0.39 is 13.7 Å². The third kappa shape index (κ3) is 7.01. The quantitative estimate of drug-likeness (QED) is 0.116. The summed E-state index contributed by atoms with van der Waals surface area (Å²) >= 11 is 0. The molecule has 39 heavy (non-hydrogen) atoms. The summed E-state index contributed by atoms with van der Waals surface area (Å²) in [6, 6.07) is 28.0. The summed E-state index contributed by atoms with van der Waals surface area (Å²) in [6.45, 7) is 2.88. The van der Waals surface area contributed by atoms with Crippen molar-refractivity contribution < 1.29 is 23.5 Å². The lowest BCUT2D eigenvalue weighted by atomic mass is 9.80. The Morgan fingerprint density at radius 2 is 1.49 bits per heavy atom. The Morgan fingerprint density at radius 3 is 2.03 bits per heavy atom. The molecule has 4 rings (SSSR count). The fraction of sp³-hybridized carbons (Fsp3) is 0.387. The van der Waals surface area contributed by atoms with E-state index in [0.29, 0.717) is 19.6 Å². The Kier molecular flexibility index (Phi) is 10.4. The molecule has 0 aliphatic carbocycles. The fourth-order valence-electron chi connectivity index (χ4n) is 5.12. The Morgan fingerprint density at radius 1 is 0.923 bits per heavy atom. The second-order valence-electron chi connectivity index (χ2n) is 9.58. The summed E-state index contributed by atoms with van der Waals surface area (Å²) in [5.74, 6) is 1.74. The fourth-order valence-corrected chi connectivity index (χ4v) is 6.67. The third-order valence-corrected chi connectivity index (χ3v) is 8.67. The SMILES string of the molecule is [B]C1CC(CP(C)OCCC#N)C(COC(c2ccccc2)(c2ccc(OC)cc2)c2ccc(OC)cc2)O1. The van der Waals surface area contributed by atoms with Gasteiger partial charge in [-0.15, -0.1) is 0 Å². The lowest BCUT2D eigenvalue weighted by Crippen LogP contribution is -2.37. The minimum Gasteiger partial charge on any atom is -0.497 e. The smallest absolute Gasteiger partial charge is 0.143 e. The number of nitriles is 1. The average Bonchev–Trinajstić information content (AvgIpc) is 3.33. The van der Waals surface area contributed by atoms with Gasteiger partial charge in [-0.1, -0.05) is 54.6 Å². The van der Waals surface area contributed by atoms with Crippen LogP contribution in [0, 0.1) is 17.2 Å². The van der Waals surface area contributed by atoms with Crippen molar-refractivity contribution in [1.82, 2.24) is 0 Å². The molecule has 8 heteroatoms. The topological polar surface area (TPSA) is 69.9 Å². The van der Waals surface area contributed by atoms with Crippen molar-refractivity contribution in [2.45, 2.75) is 30.5 Å². The van der Waals surface area contributed by atoms with Crippen LogP contribution >= 0.6 is 8.15 Å². The van der Waals surface area contributed by atoms with Crippen molar-refractivity contribution in [1.29, 1.82) is 5.26 Å². The van der Waals surface area contributed by atoms with E-state index >= 15 is 0 Å². The van der Waals surface area contributed by atoms with E-state index in [9.17, 15) is 0 Å². The largest absolute Gasteiger partial charge is 0.497 e. The molecule has 0 aromatic heterocycles. The van der Waals surface area contributed by atoms with E-state index in [2.05, 4.69) is 24.9 Å². The second-order valence-corrected chi connectivity index (χ2v) is 11.5. The van der Waals surface area contributed by atoms with Crippen LogP contribution in [0.4, 0.5) is 0 Å². The van der Waals surface area contributed by atoms with Crippen LogP contribution < -0.4 is 9.47 Å². The molecule has 0 spiro atoms. The summed E-state index contributed by atoms with van der Waals surface area (Å²) in [6.07, 6.45) is 1.78. The molecular formula is C31H35BNO5P. The molecule has 1 saturated heterocycles. The van der Waals surface area contributed by atoms with Gasteiger partial charge in [-0.05, 0) is 66.1 Å². The van der Waals surface area contributed by atoms with Crippen LogP contribution in [0.15, 0.2) is 78.9 Å². The first-order chi connectivity index (χ1) is 19.0. The molecule has 0 amide bonds. The van der Waals surface area contributed by atoms with Crippen molar-refractivity contribution in [2.75, 3.05) is 40.3 Å². The van der Waals surface area contributed by atoms with Gasteiger partial charge in [-0.2, -0.15) is 5.26 Å². The van der Waals surface area contributed by atoms with Crippen LogP contribution in [0.2, 0.25) is 0 Å². The van der Waals surface area contributed by atoms with Crippen molar-refractivity contribution in [2.24, 2.45) is 5.92 Å². The van der Waals surface area contributed by atoms with Gasteiger partial charge in [-0.3, -0.25) is 0 Å². The molecule has 0 bridgehead atoms. The molecule has 6 nitrogen and oxygen atoms in total. The number of methoxy groups -OCH3 is 2. The van der Waals surface area contributed by atoms with E-state index in [1.54, 1.807) is 14.2 Å². The first kappa shape index (κ1) is 29.1. The molecule has 202 valence electrons. The molecule has 1 aliphatic heterocycles. The van der Waals surface area contributed by atoms with Gasteiger partial charge in [-0.25, -0.2) is 0 Å². The maximum atomic E-state index is 8.84. The highest BCUT2D eigenvalue weighted by Gasteiger charge is 2.41. The highest BCUT2D eigenvalue weighted by Crippen LogP contribution is 2.44. The molecule has 1 fully saturated rings. The zero-order valence-electron chi connectivity index (χ0n) is 22.8. The lowest BCUT2D eigenvalue weighted by molar-refractivity contribution is -0.0585. The molecule has 4 unspecified atom stereocenters. The van der Waals surface area contributed by atoms with Crippen LogP contribution in [0.25, 0.3) is 0 Å². The number of hydrogen-bond donors (Lipinski definition) is 0. The number of benzene rings is 3. The first-order valence-corrected chi connectivity index (χ1v) is 15.0. The van der Waals surface area contributed by atoms with Gasteiger partial charge in [0.05, 0.1) is 46.0 Å². The predicted octanol–water partition coefficient (Wildman–Crippen LogP) is 5.87. The van der Waals surface area contributed by atoms with E-state index in [4.69, 9.17) is 36.6 Å². The Labute approximate surface area is 234 Å². The monoisotopic (exact) mass is 543 g/mol. The van der Waals surface area contributed by atoms with Crippen molar-refractivity contribution >= 4 is 16.0 Å². The number of rotatable bonds is 13. The normalized spacial score (nSPS) is 19.8. The van der Waals surface area contributed by atoms with E-state index in [1.807, 2.05) is 66.7 Å². The van der Waals surface area contributed by atoms with Crippen LogP contribution in [0.5, 0.6) is 11.5 Å². The Balaban J connectivity index is 1.70. The molecule has 1 heterocycles. The Hall–Kier alpha value is -2.88. The summed E-state index contributed by atoms with van der Waals surface area (Å²) in [7, 11) is 8.89. The van der Waals surface area contributed by atoms with Gasteiger partial charge < -0.3 is 23.5 Å². The highest BCUT2D eigenvalue weighted by atomic mass is 31.1. The van der Waals surface area contributed by atoms with Gasteiger partial charge >= 0.3 is 0 Å². The number of ether oxygens (including phenoxy) is 4. The molecule has 4 atom stereocenters. The number of nitrogens with zero attached hydrogens (tertiary/aromatic N) is 1. The molecule has 0 saturated carbocycles. The maximum Gasteiger partial charge on any atom is 0.143 e. The summed E-state index contributed by atoms with van der Waals surface area (Å²) in [5.41, 5.74) is 2.02. The molecule has 1 aliphatic rings. The van der Waals surface area contributed by atoms with Crippen LogP contribution in [-0.4, -0.2) is 60.2 Å². The van der Waals surface area contributed by atoms with Crippen LogP contribution in [0.1, 0.15) is 29.5 Å². The zero-order chi connectivity index (χ0) is 27.7. The third-order valence-electron chi connectivity index (χ3n) is 7.07. The van der Waals surface area contributed by atoms with Gasteiger partial charge in [0.1, 0.15) is 24.9 Å². The van der Waals surface area contributed by atoms with Crippen molar-refractivity contribution in [3.63, 3.8) is 0 Å². The van der Waals surface area contributed by atoms with Gasteiger partial charge in [0.25, 0.3) is 0 Å². The number of hydrogen-bond acceptors (Lipinski definition) is 6. The maximum absolute atomic E-state index is 8.84. The highest BCUT2D eigenvalue weighted by molar-refractivity contribution is 7.51. The minimum atomic E-state index is -0.916. The lowest BCUT2D eigenvalue weighted by Gasteiger charge is -2.37. The molecule has 3 aromatic carbocycles. The molecule has 2 radical (unpaired) electrons. The molecule has 0 N–H and O–H groups in total. The first-order valence-electron chi connectivity index (χ1n) is 13.1. The minimum absolute atomic E-state index is 0.191. The van der Waals surface area contributed by atoms with E-state index in [-0.39, 0.29) is 18.0 Å². The summed E-state index contributed by atoms with van der Waals surface area (Å²) < 4.78 is 30.0. The summed E-state index contributed by atoms with van der Waals surface area (Å²) in [4.78, 5) is 0. The average molecular weight is 543 g/mol. The van der Waals surface area contributed by atoms with Crippen LogP contribution in [0.3, 0.4) is 0 Å². The Bertz CT molecular complexity index is 1150. The van der Waals surface area contributed by atoms with E-state index in [1.165, 1.54) is 0 Å². The zero-order valence-corrected chi connectivity index (χ0v) is 23.7. The summed E-state index contributed by atoms with van der Waals surface area (Å²) in [5, 5.41) is 8.84. The standard InChI is InChI=1S/C31H35BNO5P/c1-34-27-14-10-25(11-15-27)31(24-8-5-4-6-9-24,26-12-16-28(35-2)17-13-26)36-21-29-23(20-30(32)38-29)22-39(3)37-19-7-18-33/h4-6,8-17,23,29-30H,7,19-22H2,1-3H3.